The molecule has 5 unspecified atom stereocenters. The minimum absolute atomic E-state index is 0.303. The van der Waals surface area contributed by atoms with E-state index in [9.17, 15) is 0 Å². The topological polar surface area (TPSA) is 3.24 Å². The van der Waals surface area contributed by atoms with Crippen molar-refractivity contribution in [3.63, 3.8) is 0 Å². The van der Waals surface area contributed by atoms with Gasteiger partial charge in [-0.15, -0.1) is 11.8 Å². The highest BCUT2D eigenvalue weighted by Crippen LogP contribution is 2.59. The van der Waals surface area contributed by atoms with Crippen LogP contribution in [0, 0.1) is 17.3 Å². The number of nitrogens with zero attached hydrogens (tertiary/aromatic N) is 1. The summed E-state index contributed by atoms with van der Waals surface area (Å²) < 4.78 is 0. The molecule has 1 nitrogen and oxygen atoms in total. The molecule has 2 aliphatic heterocycles. The third-order valence-electron chi connectivity index (χ3n) is 5.86. The first-order chi connectivity index (χ1) is 9.19. The van der Waals surface area contributed by atoms with E-state index in [1.807, 2.05) is 0 Å². The van der Waals surface area contributed by atoms with Crippen LogP contribution in [0.25, 0.3) is 0 Å². The maximum atomic E-state index is 2.90. The van der Waals surface area contributed by atoms with Crippen LogP contribution in [0.2, 0.25) is 0 Å². The third kappa shape index (κ3) is 2.45. The summed E-state index contributed by atoms with van der Waals surface area (Å²) in [5.74, 6) is 1.99. The first kappa shape index (κ1) is 15.2. The van der Waals surface area contributed by atoms with E-state index in [1.165, 1.54) is 32.1 Å². The second-order valence-electron chi connectivity index (χ2n) is 9.37. The van der Waals surface area contributed by atoms with E-state index in [0.29, 0.717) is 11.0 Å². The van der Waals surface area contributed by atoms with Gasteiger partial charge in [-0.05, 0) is 57.3 Å². The smallest absolute Gasteiger partial charge is 0.0599 e. The number of fused-ring (bicyclic) bond motifs is 3. The summed E-state index contributed by atoms with van der Waals surface area (Å²) in [7, 11) is 0. The Bertz CT molecular complexity index is 365. The predicted molar refractivity (Wildman–Crippen MR) is 90.1 cm³/mol. The summed E-state index contributed by atoms with van der Waals surface area (Å²) in [5, 5.41) is 1.77. The molecule has 0 aromatic rings. The number of thioether (sulfide) groups is 1. The summed E-state index contributed by atoms with van der Waals surface area (Å²) in [4.78, 5) is 2.90. The molecule has 0 radical (unpaired) electrons. The molecule has 2 heteroatoms. The van der Waals surface area contributed by atoms with Crippen molar-refractivity contribution < 1.29 is 0 Å². The van der Waals surface area contributed by atoms with Gasteiger partial charge in [-0.3, -0.25) is 4.90 Å². The average Bonchev–Trinajstić information content (AvgIpc) is 2.81. The Morgan fingerprint density at radius 1 is 0.900 bits per heavy atom. The van der Waals surface area contributed by atoms with Gasteiger partial charge in [0.2, 0.25) is 0 Å². The second-order valence-corrected chi connectivity index (χ2v) is 10.7. The van der Waals surface area contributed by atoms with Gasteiger partial charge in [0.25, 0.3) is 0 Å². The molecule has 1 aliphatic carbocycles. The fourth-order valence-electron chi connectivity index (χ4n) is 5.01. The van der Waals surface area contributed by atoms with E-state index in [-0.39, 0.29) is 0 Å². The van der Waals surface area contributed by atoms with Crippen LogP contribution < -0.4 is 0 Å². The van der Waals surface area contributed by atoms with Gasteiger partial charge >= 0.3 is 0 Å². The molecule has 20 heavy (non-hydrogen) atoms. The molecular formula is C18H33NS. The molecule has 1 saturated carbocycles. The first-order valence-corrected chi connectivity index (χ1v) is 9.58. The Kier molecular flexibility index (Phi) is 3.74. The van der Waals surface area contributed by atoms with Crippen LogP contribution in [0.15, 0.2) is 0 Å². The van der Waals surface area contributed by atoms with Crippen LogP contribution in [0.1, 0.15) is 73.6 Å². The summed E-state index contributed by atoms with van der Waals surface area (Å²) in [5.41, 5.74) is 0.709. The molecule has 5 atom stereocenters. The first-order valence-electron chi connectivity index (χ1n) is 8.63. The predicted octanol–water partition coefficient (Wildman–Crippen LogP) is 5.15. The van der Waals surface area contributed by atoms with Crippen LogP contribution in [0.3, 0.4) is 0 Å². The van der Waals surface area contributed by atoms with Gasteiger partial charge in [0.05, 0.1) is 5.37 Å². The summed E-state index contributed by atoms with van der Waals surface area (Å²) in [6.07, 6.45) is 7.40. The van der Waals surface area contributed by atoms with Crippen LogP contribution in [-0.2, 0) is 0 Å². The molecule has 0 aromatic carbocycles. The van der Waals surface area contributed by atoms with Crippen molar-refractivity contribution >= 4 is 11.8 Å². The van der Waals surface area contributed by atoms with Crippen molar-refractivity contribution in [2.75, 3.05) is 0 Å². The second kappa shape index (κ2) is 4.91. The lowest BCUT2D eigenvalue weighted by molar-refractivity contribution is 0.0481. The average molecular weight is 296 g/mol. The Balaban J connectivity index is 1.89. The zero-order chi connectivity index (χ0) is 14.7. The van der Waals surface area contributed by atoms with Crippen molar-refractivity contribution in [2.24, 2.45) is 17.3 Å². The molecule has 0 spiro atoms. The Hall–Kier alpha value is 0.310. The lowest BCUT2D eigenvalue weighted by atomic mass is 9.76. The monoisotopic (exact) mass is 295 g/mol. The normalized spacial score (nSPS) is 42.6. The molecular weight excluding hydrogens is 262 g/mol. The third-order valence-corrected chi connectivity index (χ3v) is 7.65. The fourth-order valence-corrected chi connectivity index (χ4v) is 7.32. The Labute approximate surface area is 130 Å². The molecule has 0 amide bonds. The molecule has 3 fully saturated rings. The van der Waals surface area contributed by atoms with E-state index < -0.39 is 0 Å². The van der Waals surface area contributed by atoms with Crippen LogP contribution in [-0.4, -0.2) is 27.1 Å². The molecule has 0 bridgehead atoms. The minimum Gasteiger partial charge on any atom is -0.283 e. The van der Waals surface area contributed by atoms with Gasteiger partial charge in [0.15, 0.2) is 0 Å². The number of hydrogen-bond acceptors (Lipinski definition) is 2. The van der Waals surface area contributed by atoms with Gasteiger partial charge in [0.1, 0.15) is 0 Å². The highest BCUT2D eigenvalue weighted by Gasteiger charge is 2.57. The standard InChI is InChI=1S/C18H33NS/c1-17(2,3)15-11-13-12-9-7-8-10-14(12)20-16(13)19(15)18(4,5)6/h12-16H,7-11H2,1-6H3. The van der Waals surface area contributed by atoms with Gasteiger partial charge in [0, 0.05) is 16.8 Å². The van der Waals surface area contributed by atoms with Crippen molar-refractivity contribution in [2.45, 2.75) is 95.9 Å². The maximum absolute atomic E-state index is 2.90. The Morgan fingerprint density at radius 3 is 2.15 bits per heavy atom. The van der Waals surface area contributed by atoms with Gasteiger partial charge < -0.3 is 0 Å². The number of rotatable bonds is 0. The molecule has 116 valence electrons. The van der Waals surface area contributed by atoms with Crippen LogP contribution in [0.5, 0.6) is 0 Å². The van der Waals surface area contributed by atoms with Gasteiger partial charge in [-0.25, -0.2) is 0 Å². The lowest BCUT2D eigenvalue weighted by Crippen LogP contribution is -2.52. The highest BCUT2D eigenvalue weighted by atomic mass is 32.2. The van der Waals surface area contributed by atoms with Crippen molar-refractivity contribution in [3.05, 3.63) is 0 Å². The van der Waals surface area contributed by atoms with Crippen LogP contribution in [0.4, 0.5) is 0 Å². The van der Waals surface area contributed by atoms with E-state index in [0.717, 1.165) is 28.5 Å². The highest BCUT2D eigenvalue weighted by molar-refractivity contribution is 8.00. The molecule has 2 saturated heterocycles. The fraction of sp³-hybridized carbons (Fsp3) is 1.00. The SMILES string of the molecule is CC(C)(C)C1CC2C3CCCCC3SC2N1C(C)(C)C. The van der Waals surface area contributed by atoms with Crippen molar-refractivity contribution in [1.82, 2.24) is 4.90 Å². The van der Waals surface area contributed by atoms with Crippen molar-refractivity contribution in [1.29, 1.82) is 0 Å². The zero-order valence-electron chi connectivity index (χ0n) is 14.3. The maximum Gasteiger partial charge on any atom is 0.0599 e. The number of likely N-dealkylation sites (tertiary alicyclic amines) is 1. The molecule has 2 heterocycles. The van der Waals surface area contributed by atoms with Crippen LogP contribution >= 0.6 is 11.8 Å². The van der Waals surface area contributed by atoms with Gasteiger partial charge in [-0.2, -0.15) is 0 Å². The molecule has 0 aromatic heterocycles. The molecule has 3 rings (SSSR count). The zero-order valence-corrected chi connectivity index (χ0v) is 15.1. The minimum atomic E-state index is 0.303. The summed E-state index contributed by atoms with van der Waals surface area (Å²) in [6, 6.07) is 0.757. The van der Waals surface area contributed by atoms with Crippen molar-refractivity contribution in [3.8, 4) is 0 Å². The quantitative estimate of drug-likeness (QED) is 0.608. The summed E-state index contributed by atoms with van der Waals surface area (Å²) in [6.45, 7) is 14.6. The van der Waals surface area contributed by atoms with E-state index in [4.69, 9.17) is 0 Å². The van der Waals surface area contributed by atoms with Gasteiger partial charge in [-0.1, -0.05) is 33.6 Å². The van der Waals surface area contributed by atoms with E-state index >= 15 is 0 Å². The lowest BCUT2D eigenvalue weighted by Gasteiger charge is -2.46. The molecule has 3 aliphatic rings. The summed E-state index contributed by atoms with van der Waals surface area (Å²) >= 11 is 2.35. The Morgan fingerprint density at radius 2 is 1.55 bits per heavy atom. The molecule has 0 N–H and O–H groups in total. The number of hydrogen-bond donors (Lipinski definition) is 0. The van der Waals surface area contributed by atoms with E-state index in [2.05, 4.69) is 58.2 Å². The van der Waals surface area contributed by atoms with E-state index in [1.54, 1.807) is 0 Å². The largest absolute Gasteiger partial charge is 0.283 e.